The van der Waals surface area contributed by atoms with Crippen molar-refractivity contribution in [1.29, 1.82) is 0 Å². The van der Waals surface area contributed by atoms with E-state index in [4.69, 9.17) is 47.7 Å². The van der Waals surface area contributed by atoms with E-state index >= 15 is 0 Å². The van der Waals surface area contributed by atoms with Gasteiger partial charge >= 0.3 is 14.2 Å². The molecule has 0 radical (unpaired) electrons. The van der Waals surface area contributed by atoms with E-state index in [1.165, 1.54) is 178 Å². The second kappa shape index (κ2) is 46.6. The minimum absolute atomic E-state index is 0.156. The van der Waals surface area contributed by atoms with Crippen molar-refractivity contribution in [2.75, 3.05) is 81.8 Å². The Morgan fingerprint density at radius 1 is 0.422 bits per heavy atom. The minimum Gasteiger partial charge on any atom is -0.756 e. The molecule has 20 heteroatoms. The Hall–Kier alpha value is -1.53. The zero-order valence-corrected chi connectivity index (χ0v) is 61.5. The highest BCUT2D eigenvalue weighted by Gasteiger charge is 2.51. The lowest BCUT2D eigenvalue weighted by molar-refractivity contribution is -0.870. The van der Waals surface area contributed by atoms with Crippen LogP contribution < -0.4 is 20.7 Å². The molecule has 4 N–H and O–H groups in total. The summed E-state index contributed by atoms with van der Waals surface area (Å²) >= 11 is 0. The summed E-state index contributed by atoms with van der Waals surface area (Å²) in [5.74, 6) is 0. The van der Waals surface area contributed by atoms with Gasteiger partial charge in [-0.05, 0) is 116 Å². The lowest BCUT2D eigenvalue weighted by Gasteiger charge is -2.32. The first-order chi connectivity index (χ1) is 42.0. The van der Waals surface area contributed by atoms with Crippen LogP contribution >= 0.6 is 15.6 Å². The molecule has 0 aromatic heterocycles. The van der Waals surface area contributed by atoms with Crippen LogP contribution in [0.3, 0.4) is 0 Å². The van der Waals surface area contributed by atoms with Crippen LogP contribution in [0, 0.1) is 0 Å². The van der Waals surface area contributed by atoms with Gasteiger partial charge in [-0.2, -0.15) is 0 Å². The number of nitrogens with zero attached hydrogens (tertiary/aromatic N) is 2. The van der Waals surface area contributed by atoms with Crippen LogP contribution in [0.25, 0.3) is 0 Å². The van der Waals surface area contributed by atoms with E-state index in [1.54, 1.807) is 39.8 Å². The molecule has 0 amide bonds. The average molecular weight is 1310 g/mol. The monoisotopic (exact) mass is 1310 g/mol. The van der Waals surface area contributed by atoms with Gasteiger partial charge in [-0.3, -0.25) is 9.13 Å². The third-order valence-corrected chi connectivity index (χ3v) is 19.5. The molecule has 2 aromatic carbocycles. The number of phosphoric acid groups is 2. The van der Waals surface area contributed by atoms with Gasteiger partial charge in [0.2, 0.25) is 0 Å². The second-order valence-corrected chi connectivity index (χ2v) is 32.5. The lowest BCUT2D eigenvalue weighted by atomic mass is 9.78. The van der Waals surface area contributed by atoms with Gasteiger partial charge in [0.1, 0.15) is 26.3 Å². The summed E-state index contributed by atoms with van der Waals surface area (Å²) in [7, 11) is 2.00. The fraction of sp³-hybridized carbons (Fsp3) is 0.829. The summed E-state index contributed by atoms with van der Waals surface area (Å²) in [6.45, 7) is 16.7. The normalized spacial score (nSPS) is 15.6. The van der Waals surface area contributed by atoms with Crippen LogP contribution in [0.2, 0.25) is 0 Å². The van der Waals surface area contributed by atoms with E-state index in [-0.39, 0.29) is 44.7 Å². The van der Waals surface area contributed by atoms with E-state index < -0.39 is 34.0 Å². The molecule has 0 saturated carbocycles. The molecule has 2 unspecified atom stereocenters. The summed E-state index contributed by atoms with van der Waals surface area (Å²) in [6.07, 6.45) is 42.3. The van der Waals surface area contributed by atoms with Gasteiger partial charge in [-0.1, -0.05) is 228 Å². The molecule has 0 bridgehead atoms. The molecule has 0 spiro atoms. The Morgan fingerprint density at radius 3 is 0.900 bits per heavy atom. The van der Waals surface area contributed by atoms with Gasteiger partial charge in [0.25, 0.3) is 15.6 Å². The Balaban J connectivity index is 0.000000807. The van der Waals surface area contributed by atoms with E-state index in [9.17, 15) is 18.9 Å². The molecule has 1 heterocycles. The molecule has 3 rings (SSSR count). The fourth-order valence-electron chi connectivity index (χ4n) is 9.77. The number of quaternary nitrogens is 2. The van der Waals surface area contributed by atoms with Crippen molar-refractivity contribution in [2.24, 2.45) is 0 Å². The van der Waals surface area contributed by atoms with Crippen molar-refractivity contribution in [1.82, 2.24) is 0 Å². The highest BCUT2D eigenvalue weighted by Crippen LogP contribution is 2.40. The Bertz CT molecular complexity index is 2140. The molecule has 2 aromatic rings. The predicted molar refractivity (Wildman–Crippen MR) is 371 cm³/mol. The summed E-state index contributed by atoms with van der Waals surface area (Å²) < 4.78 is 56.9. The summed E-state index contributed by atoms with van der Waals surface area (Å²) in [6, 6.07) is 16.4. The van der Waals surface area contributed by atoms with Gasteiger partial charge in [0, 0.05) is 0 Å². The second-order valence-electron chi connectivity index (χ2n) is 29.6. The standard InChI is InChI=1S/C35H65BNO6P.C29H55BNO6P.C6H14O2/c1-34(2)35(3,4)43-36(42-34)33-27-25-32(26-28-33)24-22-20-18-16-14-12-10-8-9-11-13-15-17-19-21-23-30-40-44(38,39)41-31-29-37(5,6)7;1-31(2,3)25-27-37-38(34,35)36-26-19-17-15-13-11-9-7-5-4-6-8-10-12-14-16-18-20-28-21-23-29(24-22-28)30(32)33;1-5(2,7)6(3,4)8/h25-28H,8-24,29-31H2,1-7H3;21-24,32-33H,4-20,25-27H2,1-3H3;7-8H,1-4H3. The number of aliphatic hydroxyl groups is 2. The first-order valence-corrected chi connectivity index (χ1v) is 38.1. The number of phosphoric ester groups is 2. The van der Waals surface area contributed by atoms with Crippen LogP contribution in [-0.2, 0) is 49.4 Å². The van der Waals surface area contributed by atoms with E-state index in [2.05, 4.69) is 52.0 Å². The number of rotatable bonds is 51. The molecule has 16 nitrogen and oxygen atoms in total. The lowest BCUT2D eigenvalue weighted by Crippen LogP contribution is -2.44. The van der Waals surface area contributed by atoms with Gasteiger partial charge in [-0.15, -0.1) is 0 Å². The highest BCUT2D eigenvalue weighted by atomic mass is 31.2. The molecule has 2 atom stereocenters. The molecular weight excluding hydrogens is 1180 g/mol. The van der Waals surface area contributed by atoms with Crippen molar-refractivity contribution < 1.29 is 75.5 Å². The maximum Gasteiger partial charge on any atom is 0.494 e. The van der Waals surface area contributed by atoms with Gasteiger partial charge < -0.3 is 66.4 Å². The molecule has 90 heavy (non-hydrogen) atoms. The fourth-order valence-corrected chi connectivity index (χ4v) is 11.2. The quantitative estimate of drug-likeness (QED) is 0.0210. The maximum atomic E-state index is 11.8. The summed E-state index contributed by atoms with van der Waals surface area (Å²) in [5.41, 5.74) is 1.73. The first kappa shape index (κ1) is 86.5. The number of likely N-dealkylation sites (N-methyl/N-ethyl adjacent to an activating group) is 2. The Labute approximate surface area is 551 Å². The zero-order valence-electron chi connectivity index (χ0n) is 59.7. The maximum absolute atomic E-state index is 11.8. The van der Waals surface area contributed by atoms with Crippen molar-refractivity contribution in [3.63, 3.8) is 0 Å². The van der Waals surface area contributed by atoms with Crippen LogP contribution in [-0.4, -0.2) is 148 Å². The molecule has 1 aliphatic rings. The third-order valence-electron chi connectivity index (χ3n) is 17.5. The average Bonchev–Trinajstić information content (AvgIpc) is 1.64. The molecule has 524 valence electrons. The number of hydrogen-bond acceptors (Lipinski definition) is 14. The first-order valence-electron chi connectivity index (χ1n) is 35.2. The molecule has 1 aliphatic heterocycles. The Kier molecular flexibility index (Phi) is 44.8. The van der Waals surface area contributed by atoms with E-state index in [1.807, 2.05) is 54.4 Å². The largest absolute Gasteiger partial charge is 0.756 e. The van der Waals surface area contributed by atoms with Crippen molar-refractivity contribution in [3.05, 3.63) is 59.7 Å². The molecular formula is C70H134B2N2O14P2. The minimum atomic E-state index is -4.16. The van der Waals surface area contributed by atoms with Gasteiger partial charge in [-0.25, -0.2) is 0 Å². The molecule has 1 fully saturated rings. The van der Waals surface area contributed by atoms with E-state index in [0.717, 1.165) is 56.8 Å². The topological polar surface area (TPSA) is 217 Å². The zero-order chi connectivity index (χ0) is 67.6. The van der Waals surface area contributed by atoms with Crippen molar-refractivity contribution in [3.8, 4) is 0 Å². The predicted octanol–water partition coefficient (Wildman–Crippen LogP) is 13.9. The smallest absolute Gasteiger partial charge is 0.494 e. The van der Waals surface area contributed by atoms with Crippen LogP contribution in [0.4, 0.5) is 0 Å². The molecule has 1 saturated heterocycles. The number of hydrogen-bond donors (Lipinski definition) is 4. The SMILES string of the molecule is CC(C)(O)C(C)(C)O.CC1(C)OB(c2ccc(CCCCCCCCCCCCCCCCCCOP(=O)([O-])OCC[N+](C)(C)C)cc2)OC1(C)C.C[N+](C)(C)CCOP(=O)([O-])OCCCCCCCCCCCCCCCCCCc1ccc(B(O)O)cc1. The van der Waals surface area contributed by atoms with Gasteiger partial charge in [0.15, 0.2) is 0 Å². The van der Waals surface area contributed by atoms with Crippen LogP contribution in [0.1, 0.15) is 272 Å². The van der Waals surface area contributed by atoms with Gasteiger partial charge in [0.05, 0.1) is 77.9 Å². The van der Waals surface area contributed by atoms with Crippen LogP contribution in [0.15, 0.2) is 48.5 Å². The highest BCUT2D eigenvalue weighted by molar-refractivity contribution is 7.46. The number of unbranched alkanes of at least 4 members (excludes halogenated alkanes) is 30. The van der Waals surface area contributed by atoms with Crippen molar-refractivity contribution >= 4 is 40.8 Å². The molecule has 0 aliphatic carbocycles. The number of aryl methyl sites for hydroxylation is 2. The Morgan fingerprint density at radius 2 is 0.656 bits per heavy atom. The van der Waals surface area contributed by atoms with Crippen LogP contribution in [0.5, 0.6) is 0 Å². The third kappa shape index (κ3) is 46.6. The number of benzene rings is 2. The van der Waals surface area contributed by atoms with Crippen molar-refractivity contribution in [2.45, 2.75) is 296 Å². The summed E-state index contributed by atoms with van der Waals surface area (Å²) in [4.78, 5) is 23.5. The summed E-state index contributed by atoms with van der Waals surface area (Å²) in [5, 5.41) is 36.5. The van der Waals surface area contributed by atoms with E-state index in [0.29, 0.717) is 27.5 Å².